The van der Waals surface area contributed by atoms with E-state index >= 15 is 0 Å². The molecule has 1 aromatic heterocycles. The van der Waals surface area contributed by atoms with Crippen molar-refractivity contribution in [2.75, 3.05) is 0 Å². The molecule has 0 aromatic carbocycles. The Bertz CT molecular complexity index is 367. The summed E-state index contributed by atoms with van der Waals surface area (Å²) in [7, 11) is 0. The van der Waals surface area contributed by atoms with Crippen molar-refractivity contribution in [3.05, 3.63) is 22.3 Å². The average Bonchev–Trinajstić information content (AvgIpc) is 2.22. The normalized spacial score (nSPS) is 25.7. The summed E-state index contributed by atoms with van der Waals surface area (Å²) in [5, 5.41) is 1.92. The van der Waals surface area contributed by atoms with E-state index in [0.29, 0.717) is 0 Å². The highest BCUT2D eigenvalue weighted by Crippen LogP contribution is 2.37. The van der Waals surface area contributed by atoms with Crippen molar-refractivity contribution in [2.45, 2.75) is 49.8 Å². The molecule has 2 unspecified atom stereocenters. The van der Waals surface area contributed by atoms with Crippen molar-refractivity contribution in [1.29, 1.82) is 0 Å². The molecule has 0 amide bonds. The van der Waals surface area contributed by atoms with Gasteiger partial charge in [-0.2, -0.15) is 0 Å². The lowest BCUT2D eigenvalue weighted by molar-refractivity contribution is 0.394. The van der Waals surface area contributed by atoms with Crippen LogP contribution in [-0.4, -0.2) is 10.2 Å². The quantitative estimate of drug-likeness (QED) is 0.776. The molecule has 0 spiro atoms. The van der Waals surface area contributed by atoms with Gasteiger partial charge in [0, 0.05) is 11.4 Å². The zero-order valence-corrected chi connectivity index (χ0v) is 12.3. The van der Waals surface area contributed by atoms with Crippen molar-refractivity contribution in [1.82, 2.24) is 4.98 Å². The standard InChI is InChI=1S/C13H18BrNS/c1-9-4-3-5-11(6-9)16-13-12(14)7-10(2)8-15-13/h7-9,11H,3-6H2,1-2H3. The van der Waals surface area contributed by atoms with E-state index in [1.165, 1.54) is 31.2 Å². The van der Waals surface area contributed by atoms with Crippen LogP contribution in [0, 0.1) is 12.8 Å². The van der Waals surface area contributed by atoms with Gasteiger partial charge in [0.25, 0.3) is 0 Å². The molecule has 0 radical (unpaired) electrons. The number of hydrogen-bond donors (Lipinski definition) is 0. The van der Waals surface area contributed by atoms with Crippen LogP contribution in [0.25, 0.3) is 0 Å². The summed E-state index contributed by atoms with van der Waals surface area (Å²) in [5.41, 5.74) is 1.22. The summed E-state index contributed by atoms with van der Waals surface area (Å²) in [6.45, 7) is 4.44. The first kappa shape index (κ1) is 12.4. The molecule has 2 rings (SSSR count). The number of aromatic nitrogens is 1. The highest BCUT2D eigenvalue weighted by molar-refractivity contribution is 9.10. The molecule has 16 heavy (non-hydrogen) atoms. The first-order valence-electron chi connectivity index (χ1n) is 5.94. The van der Waals surface area contributed by atoms with Gasteiger partial charge >= 0.3 is 0 Å². The Hall–Kier alpha value is -0.0200. The van der Waals surface area contributed by atoms with Gasteiger partial charge in [0.15, 0.2) is 0 Å². The van der Waals surface area contributed by atoms with Crippen LogP contribution in [0.2, 0.25) is 0 Å². The van der Waals surface area contributed by atoms with Crippen LogP contribution in [0.3, 0.4) is 0 Å². The lowest BCUT2D eigenvalue weighted by atomic mass is 9.91. The minimum absolute atomic E-state index is 0.759. The van der Waals surface area contributed by atoms with Crippen molar-refractivity contribution in [3.8, 4) is 0 Å². The Labute approximate surface area is 111 Å². The van der Waals surface area contributed by atoms with Gasteiger partial charge in [-0.3, -0.25) is 0 Å². The van der Waals surface area contributed by atoms with E-state index in [0.717, 1.165) is 20.7 Å². The van der Waals surface area contributed by atoms with E-state index in [9.17, 15) is 0 Å². The number of rotatable bonds is 2. The molecule has 1 heterocycles. The third-order valence-corrected chi connectivity index (χ3v) is 5.29. The summed E-state index contributed by atoms with van der Waals surface area (Å²) >= 11 is 5.55. The Kier molecular flexibility index (Phi) is 4.31. The smallest absolute Gasteiger partial charge is 0.110 e. The number of thioether (sulfide) groups is 1. The molecule has 1 fully saturated rings. The largest absolute Gasteiger partial charge is 0.248 e. The van der Waals surface area contributed by atoms with Gasteiger partial charge in [-0.25, -0.2) is 4.98 Å². The second-order valence-electron chi connectivity index (χ2n) is 4.81. The maximum absolute atomic E-state index is 4.51. The van der Waals surface area contributed by atoms with E-state index < -0.39 is 0 Å². The molecular weight excluding hydrogens is 282 g/mol. The summed E-state index contributed by atoms with van der Waals surface area (Å²) in [4.78, 5) is 4.51. The molecule has 1 saturated carbocycles. The molecular formula is C13H18BrNS. The Morgan fingerprint density at radius 1 is 1.44 bits per heavy atom. The van der Waals surface area contributed by atoms with Gasteiger partial charge < -0.3 is 0 Å². The Balaban J connectivity index is 2.02. The lowest BCUT2D eigenvalue weighted by Crippen LogP contribution is -2.15. The first-order valence-corrected chi connectivity index (χ1v) is 7.61. The molecule has 2 atom stereocenters. The van der Waals surface area contributed by atoms with Crippen LogP contribution in [0.5, 0.6) is 0 Å². The number of pyridine rings is 1. The summed E-state index contributed by atoms with van der Waals surface area (Å²) in [6, 6.07) is 2.15. The van der Waals surface area contributed by atoms with Gasteiger partial charge in [0.1, 0.15) is 5.03 Å². The van der Waals surface area contributed by atoms with Crippen molar-refractivity contribution < 1.29 is 0 Å². The number of halogens is 1. The molecule has 3 heteroatoms. The molecule has 0 bridgehead atoms. The minimum atomic E-state index is 0.759. The van der Waals surface area contributed by atoms with Crippen LogP contribution in [-0.2, 0) is 0 Å². The molecule has 0 N–H and O–H groups in total. The molecule has 1 nitrogen and oxygen atoms in total. The molecule has 88 valence electrons. The first-order chi connectivity index (χ1) is 7.65. The van der Waals surface area contributed by atoms with E-state index in [1.807, 2.05) is 18.0 Å². The summed E-state index contributed by atoms with van der Waals surface area (Å²) in [6.07, 6.45) is 7.42. The van der Waals surface area contributed by atoms with E-state index in [4.69, 9.17) is 0 Å². The van der Waals surface area contributed by atoms with Crippen molar-refractivity contribution >= 4 is 27.7 Å². The van der Waals surface area contributed by atoms with Crippen LogP contribution in [0.1, 0.15) is 38.2 Å². The van der Waals surface area contributed by atoms with Crippen LogP contribution < -0.4 is 0 Å². The second kappa shape index (κ2) is 5.54. The minimum Gasteiger partial charge on any atom is -0.248 e. The summed E-state index contributed by atoms with van der Waals surface area (Å²) < 4.78 is 1.15. The van der Waals surface area contributed by atoms with Gasteiger partial charge in [0.2, 0.25) is 0 Å². The van der Waals surface area contributed by atoms with Crippen molar-refractivity contribution in [2.24, 2.45) is 5.92 Å². The fourth-order valence-corrected chi connectivity index (χ4v) is 4.31. The number of nitrogens with zero attached hydrogens (tertiary/aromatic N) is 1. The highest BCUT2D eigenvalue weighted by Gasteiger charge is 2.20. The summed E-state index contributed by atoms with van der Waals surface area (Å²) in [5.74, 6) is 0.885. The average molecular weight is 300 g/mol. The Morgan fingerprint density at radius 2 is 2.25 bits per heavy atom. The van der Waals surface area contributed by atoms with Crippen LogP contribution >= 0.6 is 27.7 Å². The SMILES string of the molecule is Cc1cnc(SC2CCCC(C)C2)c(Br)c1. The highest BCUT2D eigenvalue weighted by atomic mass is 79.9. The molecule has 0 saturated heterocycles. The zero-order chi connectivity index (χ0) is 11.5. The predicted octanol–water partition coefficient (Wildman–Crippen LogP) is 4.82. The van der Waals surface area contributed by atoms with Crippen LogP contribution in [0.4, 0.5) is 0 Å². The number of hydrogen-bond acceptors (Lipinski definition) is 2. The van der Waals surface area contributed by atoms with E-state index in [2.05, 4.69) is 40.8 Å². The molecule has 1 aliphatic carbocycles. The van der Waals surface area contributed by atoms with E-state index in [1.54, 1.807) is 0 Å². The fourth-order valence-electron chi connectivity index (χ4n) is 2.25. The number of aryl methyl sites for hydroxylation is 1. The molecule has 0 aliphatic heterocycles. The van der Waals surface area contributed by atoms with Gasteiger partial charge in [0.05, 0.1) is 4.47 Å². The maximum Gasteiger partial charge on any atom is 0.110 e. The van der Waals surface area contributed by atoms with Crippen LogP contribution in [0.15, 0.2) is 21.8 Å². The van der Waals surface area contributed by atoms with Gasteiger partial charge in [-0.05, 0) is 53.2 Å². The topological polar surface area (TPSA) is 12.9 Å². The third-order valence-electron chi connectivity index (χ3n) is 3.11. The zero-order valence-electron chi connectivity index (χ0n) is 9.87. The predicted molar refractivity (Wildman–Crippen MR) is 74.0 cm³/mol. The fraction of sp³-hybridized carbons (Fsp3) is 0.615. The van der Waals surface area contributed by atoms with E-state index in [-0.39, 0.29) is 0 Å². The van der Waals surface area contributed by atoms with Gasteiger partial charge in [-0.15, -0.1) is 11.8 Å². The Morgan fingerprint density at radius 3 is 2.94 bits per heavy atom. The lowest BCUT2D eigenvalue weighted by Gasteiger charge is -2.26. The maximum atomic E-state index is 4.51. The van der Waals surface area contributed by atoms with Crippen molar-refractivity contribution in [3.63, 3.8) is 0 Å². The molecule has 1 aromatic rings. The third kappa shape index (κ3) is 3.24. The molecule has 1 aliphatic rings. The monoisotopic (exact) mass is 299 g/mol. The second-order valence-corrected chi connectivity index (χ2v) is 6.95. The van der Waals surface area contributed by atoms with Gasteiger partial charge in [-0.1, -0.05) is 19.8 Å².